The smallest absolute Gasteiger partial charge is 0.0199 e. The fourth-order valence-electron chi connectivity index (χ4n) is 1.75. The lowest BCUT2D eigenvalue weighted by molar-refractivity contribution is 0.316. The number of likely N-dealkylation sites (N-methyl/N-ethyl adjacent to an activating group) is 1. The van der Waals surface area contributed by atoms with E-state index in [1.807, 2.05) is 0 Å². The second-order valence-corrected chi connectivity index (χ2v) is 5.30. The van der Waals surface area contributed by atoms with Gasteiger partial charge in [0.05, 0.1) is 0 Å². The van der Waals surface area contributed by atoms with Gasteiger partial charge >= 0.3 is 0 Å². The van der Waals surface area contributed by atoms with Crippen molar-refractivity contribution in [1.29, 1.82) is 0 Å². The van der Waals surface area contributed by atoms with Gasteiger partial charge in [-0.15, -0.1) is 0 Å². The summed E-state index contributed by atoms with van der Waals surface area (Å²) in [6.07, 6.45) is 3.94. The summed E-state index contributed by atoms with van der Waals surface area (Å²) in [6.45, 7) is 8.45. The number of nitrogens with one attached hydrogen (secondary N) is 1. The highest BCUT2D eigenvalue weighted by atomic mass is 15.1. The Bertz CT molecular complexity index is 209. The summed E-state index contributed by atoms with van der Waals surface area (Å²) in [5, 5.41) is 3.50. The maximum Gasteiger partial charge on any atom is 0.0199 e. The van der Waals surface area contributed by atoms with Crippen molar-refractivity contribution < 1.29 is 0 Å². The van der Waals surface area contributed by atoms with Crippen molar-refractivity contribution in [3.8, 4) is 0 Å². The Morgan fingerprint density at radius 3 is 2.50 bits per heavy atom. The first-order chi connectivity index (χ1) is 7.58. The molecule has 94 valence electrons. The summed E-state index contributed by atoms with van der Waals surface area (Å²) >= 11 is 0. The molecule has 0 saturated heterocycles. The molecule has 1 aliphatic carbocycles. The molecule has 3 nitrogen and oxygen atoms in total. The molecule has 0 unspecified atom stereocenters. The minimum Gasteiger partial charge on any atom is -0.310 e. The molecule has 1 N–H and O–H groups in total. The average Bonchev–Trinajstić information content (AvgIpc) is 2.97. The van der Waals surface area contributed by atoms with Crippen molar-refractivity contribution in [3.05, 3.63) is 12.2 Å². The average molecular weight is 225 g/mol. The highest BCUT2D eigenvalue weighted by Crippen LogP contribution is 2.18. The standard InChI is InChI=1S/C13H27N3/c1-12(10-14-13-6-7-13)11-16(4)9-5-8-15(2)3/h13-14H,1,5-11H2,2-4H3. The van der Waals surface area contributed by atoms with Crippen LogP contribution in [0.1, 0.15) is 19.3 Å². The molecule has 1 aliphatic rings. The normalized spacial score (nSPS) is 16.1. The van der Waals surface area contributed by atoms with E-state index in [0.29, 0.717) is 0 Å². The highest BCUT2D eigenvalue weighted by molar-refractivity contribution is 5.01. The first-order valence-corrected chi connectivity index (χ1v) is 6.31. The predicted octanol–water partition coefficient (Wildman–Crippen LogP) is 1.18. The number of hydrogen-bond acceptors (Lipinski definition) is 3. The van der Waals surface area contributed by atoms with E-state index in [9.17, 15) is 0 Å². The third-order valence-corrected chi connectivity index (χ3v) is 2.86. The lowest BCUT2D eigenvalue weighted by atomic mass is 10.2. The molecule has 0 aromatic carbocycles. The van der Waals surface area contributed by atoms with Crippen LogP contribution in [-0.4, -0.2) is 63.2 Å². The van der Waals surface area contributed by atoms with Crippen molar-refractivity contribution in [2.24, 2.45) is 0 Å². The zero-order valence-electron chi connectivity index (χ0n) is 11.1. The molecule has 0 aliphatic heterocycles. The van der Waals surface area contributed by atoms with Gasteiger partial charge in [0.15, 0.2) is 0 Å². The minimum atomic E-state index is 0.788. The molecule has 0 radical (unpaired) electrons. The topological polar surface area (TPSA) is 18.5 Å². The van der Waals surface area contributed by atoms with E-state index in [2.05, 4.69) is 42.8 Å². The molecule has 1 rings (SSSR count). The van der Waals surface area contributed by atoms with Gasteiger partial charge in [-0.05, 0) is 59.1 Å². The first-order valence-electron chi connectivity index (χ1n) is 6.31. The number of nitrogens with zero attached hydrogens (tertiary/aromatic N) is 2. The van der Waals surface area contributed by atoms with Gasteiger partial charge in [0, 0.05) is 19.1 Å². The van der Waals surface area contributed by atoms with Crippen molar-refractivity contribution in [1.82, 2.24) is 15.1 Å². The monoisotopic (exact) mass is 225 g/mol. The fraction of sp³-hybridized carbons (Fsp3) is 0.846. The van der Waals surface area contributed by atoms with Gasteiger partial charge in [0.25, 0.3) is 0 Å². The molecular formula is C13H27N3. The highest BCUT2D eigenvalue weighted by Gasteiger charge is 2.20. The van der Waals surface area contributed by atoms with Crippen LogP contribution in [-0.2, 0) is 0 Å². The Hall–Kier alpha value is -0.380. The van der Waals surface area contributed by atoms with Crippen LogP contribution >= 0.6 is 0 Å². The summed E-state index contributed by atoms with van der Waals surface area (Å²) in [5.74, 6) is 0. The quantitative estimate of drug-likeness (QED) is 0.595. The molecular weight excluding hydrogens is 198 g/mol. The molecule has 0 spiro atoms. The van der Waals surface area contributed by atoms with Gasteiger partial charge in [-0.2, -0.15) is 0 Å². The maximum atomic E-state index is 4.12. The molecule has 16 heavy (non-hydrogen) atoms. The molecule has 0 heterocycles. The lowest BCUT2D eigenvalue weighted by Crippen LogP contribution is -2.29. The third-order valence-electron chi connectivity index (χ3n) is 2.86. The summed E-state index contributed by atoms with van der Waals surface area (Å²) in [5.41, 5.74) is 1.30. The Labute approximate surface area is 100 Å². The minimum absolute atomic E-state index is 0.788. The first kappa shape index (κ1) is 13.7. The van der Waals surface area contributed by atoms with Crippen LogP contribution in [0.15, 0.2) is 12.2 Å². The van der Waals surface area contributed by atoms with Crippen molar-refractivity contribution in [2.75, 3.05) is 47.3 Å². The van der Waals surface area contributed by atoms with Gasteiger partial charge in [-0.3, -0.25) is 0 Å². The van der Waals surface area contributed by atoms with Crippen LogP contribution in [0.3, 0.4) is 0 Å². The SMILES string of the molecule is C=C(CNC1CC1)CN(C)CCCN(C)C. The largest absolute Gasteiger partial charge is 0.310 e. The van der Waals surface area contributed by atoms with Crippen LogP contribution in [0, 0.1) is 0 Å². The summed E-state index contributed by atoms with van der Waals surface area (Å²) in [4.78, 5) is 4.59. The Balaban J connectivity index is 1.98. The molecule has 1 saturated carbocycles. The van der Waals surface area contributed by atoms with Gasteiger partial charge < -0.3 is 15.1 Å². The van der Waals surface area contributed by atoms with E-state index in [-0.39, 0.29) is 0 Å². The molecule has 0 atom stereocenters. The molecule has 1 fully saturated rings. The van der Waals surface area contributed by atoms with Crippen LogP contribution in [0.4, 0.5) is 0 Å². The zero-order valence-corrected chi connectivity index (χ0v) is 11.1. The van der Waals surface area contributed by atoms with E-state index >= 15 is 0 Å². The van der Waals surface area contributed by atoms with Crippen molar-refractivity contribution in [3.63, 3.8) is 0 Å². The summed E-state index contributed by atoms with van der Waals surface area (Å²) in [6, 6.07) is 0.788. The van der Waals surface area contributed by atoms with Crippen LogP contribution in [0.25, 0.3) is 0 Å². The zero-order chi connectivity index (χ0) is 12.0. The van der Waals surface area contributed by atoms with Gasteiger partial charge in [0.1, 0.15) is 0 Å². The molecule has 0 aromatic heterocycles. The second kappa shape index (κ2) is 7.05. The van der Waals surface area contributed by atoms with Crippen LogP contribution < -0.4 is 5.32 Å². The van der Waals surface area contributed by atoms with Crippen LogP contribution in [0.2, 0.25) is 0 Å². The van der Waals surface area contributed by atoms with Gasteiger partial charge in [0.2, 0.25) is 0 Å². The Morgan fingerprint density at radius 1 is 1.25 bits per heavy atom. The van der Waals surface area contributed by atoms with Gasteiger partial charge in [-0.1, -0.05) is 6.58 Å². The molecule has 0 amide bonds. The molecule has 0 aromatic rings. The Kier molecular flexibility index (Phi) is 6.03. The lowest BCUT2D eigenvalue weighted by Gasteiger charge is -2.19. The molecule has 3 heteroatoms. The van der Waals surface area contributed by atoms with Crippen molar-refractivity contribution >= 4 is 0 Å². The third kappa shape index (κ3) is 6.99. The number of rotatable bonds is 9. The maximum absolute atomic E-state index is 4.12. The van der Waals surface area contributed by atoms with Gasteiger partial charge in [-0.25, -0.2) is 0 Å². The van der Waals surface area contributed by atoms with E-state index < -0.39 is 0 Å². The van der Waals surface area contributed by atoms with E-state index in [1.165, 1.54) is 24.8 Å². The number of hydrogen-bond donors (Lipinski definition) is 1. The predicted molar refractivity (Wildman–Crippen MR) is 70.8 cm³/mol. The Morgan fingerprint density at radius 2 is 1.94 bits per heavy atom. The molecule has 0 bridgehead atoms. The summed E-state index contributed by atoms with van der Waals surface area (Å²) < 4.78 is 0. The van der Waals surface area contributed by atoms with Crippen molar-refractivity contribution in [2.45, 2.75) is 25.3 Å². The summed E-state index contributed by atoms with van der Waals surface area (Å²) in [7, 11) is 6.43. The fourth-order valence-corrected chi connectivity index (χ4v) is 1.75. The van der Waals surface area contributed by atoms with Crippen LogP contribution in [0.5, 0.6) is 0 Å². The van der Waals surface area contributed by atoms with E-state index in [0.717, 1.165) is 32.2 Å². The van der Waals surface area contributed by atoms with E-state index in [1.54, 1.807) is 0 Å². The second-order valence-electron chi connectivity index (χ2n) is 5.30. The van der Waals surface area contributed by atoms with E-state index in [4.69, 9.17) is 0 Å².